The number of carbonyl (C=O) groups excluding carboxylic acids is 2. The van der Waals surface area contributed by atoms with E-state index >= 15 is 0 Å². The van der Waals surface area contributed by atoms with Crippen LogP contribution in [0.5, 0.6) is 0 Å². The van der Waals surface area contributed by atoms with Gasteiger partial charge in [-0.1, -0.05) is 30.3 Å². The summed E-state index contributed by atoms with van der Waals surface area (Å²) in [5, 5.41) is 6.90. The van der Waals surface area contributed by atoms with Gasteiger partial charge in [0.1, 0.15) is 12.2 Å². The Morgan fingerprint density at radius 3 is 2.39 bits per heavy atom. The second kappa shape index (κ2) is 9.09. The molecule has 0 radical (unpaired) electrons. The Bertz CT molecular complexity index is 1150. The monoisotopic (exact) mass is 456 g/mol. The summed E-state index contributed by atoms with van der Waals surface area (Å²) in [5.41, 5.74) is 0.565. The predicted octanol–water partition coefficient (Wildman–Crippen LogP) is 4.87. The molecule has 3 aromatic rings. The number of hydrogen-bond acceptors (Lipinski definition) is 3. The van der Waals surface area contributed by atoms with Crippen molar-refractivity contribution in [1.29, 1.82) is 0 Å². The maximum atomic E-state index is 13.3. The van der Waals surface area contributed by atoms with Crippen LogP contribution in [0.4, 0.5) is 18.9 Å². The van der Waals surface area contributed by atoms with Crippen LogP contribution in [0.1, 0.15) is 47.4 Å². The molecule has 1 aliphatic rings. The SMILES string of the molecule is CCN(CC(=O)Nc1ccccc1C(F)(F)F)C(=O)c1cc(C2CC2)nn1-c1ccccc1. The van der Waals surface area contributed by atoms with Crippen LogP contribution >= 0.6 is 0 Å². The van der Waals surface area contributed by atoms with Crippen molar-refractivity contribution in [2.24, 2.45) is 0 Å². The summed E-state index contributed by atoms with van der Waals surface area (Å²) in [6.45, 7) is 1.52. The fraction of sp³-hybridized carbons (Fsp3) is 0.292. The summed E-state index contributed by atoms with van der Waals surface area (Å²) < 4.78 is 41.3. The topological polar surface area (TPSA) is 67.2 Å². The van der Waals surface area contributed by atoms with Crippen molar-refractivity contribution in [3.63, 3.8) is 0 Å². The first-order valence-corrected chi connectivity index (χ1v) is 10.7. The number of rotatable bonds is 7. The maximum Gasteiger partial charge on any atom is 0.418 e. The molecule has 33 heavy (non-hydrogen) atoms. The molecule has 1 aliphatic carbocycles. The van der Waals surface area contributed by atoms with Crippen molar-refractivity contribution in [3.05, 3.63) is 77.6 Å². The third-order valence-electron chi connectivity index (χ3n) is 5.45. The third-order valence-corrected chi connectivity index (χ3v) is 5.45. The number of likely N-dealkylation sites (N-methyl/N-ethyl adjacent to an activating group) is 1. The van der Waals surface area contributed by atoms with Crippen LogP contribution in [-0.4, -0.2) is 39.6 Å². The van der Waals surface area contributed by atoms with Gasteiger partial charge in [-0.2, -0.15) is 18.3 Å². The lowest BCUT2D eigenvalue weighted by Crippen LogP contribution is -2.39. The van der Waals surface area contributed by atoms with Gasteiger partial charge in [-0.15, -0.1) is 0 Å². The van der Waals surface area contributed by atoms with Crippen LogP contribution in [0.15, 0.2) is 60.7 Å². The predicted molar refractivity (Wildman–Crippen MR) is 117 cm³/mol. The van der Waals surface area contributed by atoms with Crippen LogP contribution < -0.4 is 5.32 Å². The number of anilines is 1. The standard InChI is InChI=1S/C24H23F3N4O2/c1-2-30(15-22(32)28-19-11-7-6-10-18(19)24(25,26)27)23(33)21-14-20(16-12-13-16)29-31(21)17-8-4-3-5-9-17/h3-11,14,16H,2,12-13,15H2,1H3,(H,28,32). The summed E-state index contributed by atoms with van der Waals surface area (Å²) in [6, 6.07) is 15.7. The van der Waals surface area contributed by atoms with Crippen LogP contribution in [0.2, 0.25) is 0 Å². The molecule has 1 saturated carbocycles. The number of aromatic nitrogens is 2. The normalized spacial score (nSPS) is 13.6. The number of alkyl halides is 3. The van der Waals surface area contributed by atoms with Crippen molar-refractivity contribution >= 4 is 17.5 Å². The summed E-state index contributed by atoms with van der Waals surface area (Å²) in [4.78, 5) is 27.2. The molecule has 4 rings (SSSR count). The number of benzene rings is 2. The van der Waals surface area contributed by atoms with E-state index in [1.807, 2.05) is 30.3 Å². The van der Waals surface area contributed by atoms with Gasteiger partial charge >= 0.3 is 6.18 Å². The van der Waals surface area contributed by atoms with Gasteiger partial charge in [-0.3, -0.25) is 9.59 Å². The second-order valence-electron chi connectivity index (χ2n) is 7.89. The quantitative estimate of drug-likeness (QED) is 0.552. The van der Waals surface area contributed by atoms with E-state index in [2.05, 4.69) is 10.4 Å². The Labute approximate surface area is 189 Å². The largest absolute Gasteiger partial charge is 0.418 e. The second-order valence-corrected chi connectivity index (χ2v) is 7.89. The summed E-state index contributed by atoms with van der Waals surface area (Å²) in [7, 11) is 0. The highest BCUT2D eigenvalue weighted by Crippen LogP contribution is 2.40. The average molecular weight is 456 g/mol. The van der Waals surface area contributed by atoms with Gasteiger partial charge in [-0.05, 0) is 50.1 Å². The molecule has 172 valence electrons. The lowest BCUT2D eigenvalue weighted by Gasteiger charge is -2.21. The first-order valence-electron chi connectivity index (χ1n) is 10.7. The fourth-order valence-corrected chi connectivity index (χ4v) is 3.59. The molecule has 0 unspecified atom stereocenters. The Morgan fingerprint density at radius 2 is 1.76 bits per heavy atom. The highest BCUT2D eigenvalue weighted by Gasteiger charge is 2.34. The molecule has 1 aromatic heterocycles. The molecule has 0 spiro atoms. The van der Waals surface area contributed by atoms with E-state index in [0.717, 1.165) is 24.6 Å². The van der Waals surface area contributed by atoms with Crippen molar-refractivity contribution in [2.45, 2.75) is 31.9 Å². The molecule has 2 amide bonds. The highest BCUT2D eigenvalue weighted by atomic mass is 19.4. The summed E-state index contributed by atoms with van der Waals surface area (Å²) in [5.74, 6) is -0.811. The lowest BCUT2D eigenvalue weighted by molar-refractivity contribution is -0.137. The first kappa shape index (κ1) is 22.6. The minimum Gasteiger partial charge on any atom is -0.328 e. The first-order chi connectivity index (χ1) is 15.8. The molecule has 0 saturated heterocycles. The Balaban J connectivity index is 1.56. The maximum absolute atomic E-state index is 13.3. The van der Waals surface area contributed by atoms with Gasteiger partial charge in [0.05, 0.1) is 22.6 Å². The molecule has 1 fully saturated rings. The van der Waals surface area contributed by atoms with Crippen LogP contribution in [-0.2, 0) is 11.0 Å². The molecule has 0 atom stereocenters. The Morgan fingerprint density at radius 1 is 1.09 bits per heavy atom. The number of nitrogens with zero attached hydrogens (tertiary/aromatic N) is 3. The van der Waals surface area contributed by atoms with Gasteiger partial charge in [0.2, 0.25) is 5.91 Å². The van der Waals surface area contributed by atoms with Gasteiger partial charge in [0.25, 0.3) is 5.91 Å². The van der Waals surface area contributed by atoms with Gasteiger partial charge in [0.15, 0.2) is 0 Å². The molecule has 1 N–H and O–H groups in total. The van der Waals surface area contributed by atoms with Gasteiger partial charge in [-0.25, -0.2) is 4.68 Å². The zero-order valence-electron chi connectivity index (χ0n) is 18.0. The van der Waals surface area contributed by atoms with Crippen LogP contribution in [0.25, 0.3) is 5.69 Å². The van der Waals surface area contributed by atoms with E-state index in [9.17, 15) is 22.8 Å². The Hall–Kier alpha value is -3.62. The highest BCUT2D eigenvalue weighted by molar-refractivity contribution is 5.99. The smallest absolute Gasteiger partial charge is 0.328 e. The van der Waals surface area contributed by atoms with Crippen molar-refractivity contribution in [1.82, 2.24) is 14.7 Å². The number of halogens is 3. The van der Waals surface area contributed by atoms with Gasteiger partial charge < -0.3 is 10.2 Å². The van der Waals surface area contributed by atoms with E-state index in [1.54, 1.807) is 17.7 Å². The molecule has 2 aromatic carbocycles. The lowest BCUT2D eigenvalue weighted by atomic mass is 10.1. The van der Waals surface area contributed by atoms with E-state index in [4.69, 9.17) is 0 Å². The molecule has 6 nitrogen and oxygen atoms in total. The molecule has 9 heteroatoms. The summed E-state index contributed by atoms with van der Waals surface area (Å²) in [6.07, 6.45) is -2.58. The number of nitrogens with one attached hydrogen (secondary N) is 1. The van der Waals surface area contributed by atoms with E-state index in [-0.39, 0.29) is 18.8 Å². The average Bonchev–Trinajstić information content (AvgIpc) is 3.55. The molecular formula is C24H23F3N4O2. The van der Waals surface area contributed by atoms with Crippen LogP contribution in [0, 0.1) is 0 Å². The summed E-state index contributed by atoms with van der Waals surface area (Å²) >= 11 is 0. The number of hydrogen-bond donors (Lipinski definition) is 1. The molecule has 0 aliphatic heterocycles. The Kier molecular flexibility index (Phi) is 6.22. The van der Waals surface area contributed by atoms with E-state index < -0.39 is 23.6 Å². The number of amides is 2. The van der Waals surface area contributed by atoms with Crippen molar-refractivity contribution in [3.8, 4) is 5.69 Å². The van der Waals surface area contributed by atoms with Crippen LogP contribution in [0.3, 0.4) is 0 Å². The number of carbonyl (C=O) groups is 2. The van der Waals surface area contributed by atoms with Crippen molar-refractivity contribution < 1.29 is 22.8 Å². The van der Waals surface area contributed by atoms with Gasteiger partial charge in [0, 0.05) is 12.5 Å². The fourth-order valence-electron chi connectivity index (χ4n) is 3.59. The third kappa shape index (κ3) is 5.08. The molecule has 1 heterocycles. The number of para-hydroxylation sites is 2. The molecule has 0 bridgehead atoms. The zero-order chi connectivity index (χ0) is 23.6. The van der Waals surface area contributed by atoms with E-state index in [1.165, 1.54) is 23.1 Å². The van der Waals surface area contributed by atoms with E-state index in [0.29, 0.717) is 17.3 Å². The zero-order valence-corrected chi connectivity index (χ0v) is 18.0. The molecular weight excluding hydrogens is 433 g/mol. The minimum absolute atomic E-state index is 0.200. The minimum atomic E-state index is -4.61. The van der Waals surface area contributed by atoms with Crippen molar-refractivity contribution in [2.75, 3.05) is 18.4 Å².